The third-order valence-electron chi connectivity index (χ3n) is 4.58. The molecule has 0 spiro atoms. The average molecular weight is 285 g/mol. The average Bonchev–Trinajstić information content (AvgIpc) is 2.99. The topological polar surface area (TPSA) is 64.9 Å². The molecule has 1 fully saturated rings. The van der Waals surface area contributed by atoms with Gasteiger partial charge in [0.1, 0.15) is 0 Å². The number of aromatic nitrogens is 2. The van der Waals surface area contributed by atoms with Gasteiger partial charge in [0.25, 0.3) is 0 Å². The molecule has 1 saturated carbocycles. The van der Waals surface area contributed by atoms with Gasteiger partial charge in [-0.2, -0.15) is 4.98 Å². The van der Waals surface area contributed by atoms with Crippen LogP contribution in [0.3, 0.4) is 0 Å². The van der Waals surface area contributed by atoms with Gasteiger partial charge >= 0.3 is 0 Å². The van der Waals surface area contributed by atoms with Crippen LogP contribution in [0, 0.1) is 0 Å². The van der Waals surface area contributed by atoms with Crippen LogP contribution < -0.4 is 5.73 Å². The predicted octanol–water partition coefficient (Wildman–Crippen LogP) is 4.03. The van der Waals surface area contributed by atoms with Gasteiger partial charge in [-0.25, -0.2) is 0 Å². The van der Waals surface area contributed by atoms with E-state index < -0.39 is 0 Å². The van der Waals surface area contributed by atoms with Gasteiger partial charge in [-0.1, -0.05) is 36.6 Å². The highest BCUT2D eigenvalue weighted by molar-refractivity contribution is 5.42. The summed E-state index contributed by atoms with van der Waals surface area (Å²) >= 11 is 0. The van der Waals surface area contributed by atoms with Crippen LogP contribution >= 0.6 is 0 Å². The Balaban J connectivity index is 1.85. The molecule has 0 unspecified atom stereocenters. The summed E-state index contributed by atoms with van der Waals surface area (Å²) in [5.41, 5.74) is 7.36. The van der Waals surface area contributed by atoms with E-state index in [1.165, 1.54) is 32.1 Å². The molecule has 2 aromatic rings. The third kappa shape index (κ3) is 2.80. The van der Waals surface area contributed by atoms with Crippen LogP contribution in [0.5, 0.6) is 0 Å². The Morgan fingerprint density at radius 1 is 1.10 bits per heavy atom. The molecule has 0 radical (unpaired) electrons. The largest absolute Gasteiger partial charge is 0.399 e. The zero-order chi connectivity index (χ0) is 14.9. The van der Waals surface area contributed by atoms with Gasteiger partial charge in [-0.05, 0) is 44.4 Å². The van der Waals surface area contributed by atoms with E-state index in [0.717, 1.165) is 17.1 Å². The number of rotatable bonds is 3. The summed E-state index contributed by atoms with van der Waals surface area (Å²) in [6.45, 7) is 4.22. The van der Waals surface area contributed by atoms with Crippen molar-refractivity contribution >= 4 is 5.69 Å². The Morgan fingerprint density at radius 2 is 1.76 bits per heavy atom. The molecular formula is C17H23N3O. The second-order valence-electron chi connectivity index (χ2n) is 6.54. The Kier molecular flexibility index (Phi) is 3.70. The summed E-state index contributed by atoms with van der Waals surface area (Å²) < 4.78 is 5.57. The van der Waals surface area contributed by atoms with E-state index in [4.69, 9.17) is 15.2 Å². The molecule has 112 valence electrons. The number of nitrogens with two attached hydrogens (primary N) is 1. The van der Waals surface area contributed by atoms with Crippen molar-refractivity contribution in [2.75, 3.05) is 5.73 Å². The number of benzene rings is 1. The zero-order valence-corrected chi connectivity index (χ0v) is 12.8. The Morgan fingerprint density at radius 3 is 2.43 bits per heavy atom. The fourth-order valence-corrected chi connectivity index (χ4v) is 3.04. The lowest BCUT2D eigenvalue weighted by molar-refractivity contribution is 0.323. The Bertz CT molecular complexity index is 595. The maximum Gasteiger partial charge on any atom is 0.236 e. The van der Waals surface area contributed by atoms with Crippen LogP contribution in [0.2, 0.25) is 0 Å². The van der Waals surface area contributed by atoms with Crippen molar-refractivity contribution in [3.05, 3.63) is 41.5 Å². The van der Waals surface area contributed by atoms with Crippen molar-refractivity contribution in [3.8, 4) is 0 Å². The molecule has 0 amide bonds. The van der Waals surface area contributed by atoms with Crippen LogP contribution in [0.4, 0.5) is 5.69 Å². The molecule has 4 nitrogen and oxygen atoms in total. The number of hydrogen-bond acceptors (Lipinski definition) is 4. The Hall–Kier alpha value is -1.84. The summed E-state index contributed by atoms with van der Waals surface area (Å²) in [6, 6.07) is 7.88. The molecule has 0 atom stereocenters. The maximum absolute atomic E-state index is 5.76. The van der Waals surface area contributed by atoms with Gasteiger partial charge < -0.3 is 10.3 Å². The molecule has 3 rings (SSSR count). The van der Waals surface area contributed by atoms with Gasteiger partial charge in [0.15, 0.2) is 5.82 Å². The van der Waals surface area contributed by atoms with Crippen molar-refractivity contribution in [1.29, 1.82) is 0 Å². The molecule has 1 aromatic carbocycles. The fraction of sp³-hybridized carbons (Fsp3) is 0.529. The molecule has 1 aromatic heterocycles. The maximum atomic E-state index is 5.76. The molecule has 0 saturated heterocycles. The molecule has 0 bridgehead atoms. The van der Waals surface area contributed by atoms with Crippen molar-refractivity contribution in [1.82, 2.24) is 10.1 Å². The minimum atomic E-state index is -0.298. The van der Waals surface area contributed by atoms with E-state index in [0.29, 0.717) is 11.8 Å². The standard InChI is InChI=1S/C17H23N3O/c1-17(2,13-8-10-14(18)11-9-13)16-19-15(20-21-16)12-6-4-3-5-7-12/h8-12H,3-7,18H2,1-2H3. The second-order valence-corrected chi connectivity index (χ2v) is 6.54. The number of nitrogen functional groups attached to an aromatic ring is 1. The molecule has 1 heterocycles. The summed E-state index contributed by atoms with van der Waals surface area (Å²) in [5, 5.41) is 4.24. The Labute approximate surface area is 125 Å². The molecule has 1 aliphatic rings. The lowest BCUT2D eigenvalue weighted by Gasteiger charge is -2.21. The highest BCUT2D eigenvalue weighted by Gasteiger charge is 2.31. The van der Waals surface area contributed by atoms with Crippen LogP contribution in [0.15, 0.2) is 28.8 Å². The summed E-state index contributed by atoms with van der Waals surface area (Å²) in [5.74, 6) is 2.04. The normalized spacial score (nSPS) is 17.0. The summed E-state index contributed by atoms with van der Waals surface area (Å²) in [4.78, 5) is 4.70. The SMILES string of the molecule is CC(C)(c1ccc(N)cc1)c1nc(C2CCCCC2)no1. The first-order valence-electron chi connectivity index (χ1n) is 7.77. The molecule has 2 N–H and O–H groups in total. The summed E-state index contributed by atoms with van der Waals surface area (Å²) in [7, 11) is 0. The van der Waals surface area contributed by atoms with Gasteiger partial charge in [0.2, 0.25) is 5.89 Å². The van der Waals surface area contributed by atoms with E-state index in [1.807, 2.05) is 24.3 Å². The van der Waals surface area contributed by atoms with E-state index in [1.54, 1.807) is 0 Å². The van der Waals surface area contributed by atoms with Crippen LogP contribution in [-0.4, -0.2) is 10.1 Å². The first-order valence-corrected chi connectivity index (χ1v) is 7.77. The van der Waals surface area contributed by atoms with E-state index in [9.17, 15) is 0 Å². The predicted molar refractivity (Wildman–Crippen MR) is 83.1 cm³/mol. The van der Waals surface area contributed by atoms with Crippen molar-refractivity contribution in [2.24, 2.45) is 0 Å². The van der Waals surface area contributed by atoms with Gasteiger partial charge in [0, 0.05) is 11.6 Å². The smallest absolute Gasteiger partial charge is 0.236 e. The van der Waals surface area contributed by atoms with E-state index in [-0.39, 0.29) is 5.41 Å². The minimum absolute atomic E-state index is 0.298. The van der Waals surface area contributed by atoms with E-state index >= 15 is 0 Å². The summed E-state index contributed by atoms with van der Waals surface area (Å²) in [6.07, 6.45) is 6.24. The quantitative estimate of drug-likeness (QED) is 0.865. The monoisotopic (exact) mass is 285 g/mol. The molecule has 1 aliphatic carbocycles. The minimum Gasteiger partial charge on any atom is -0.399 e. The zero-order valence-electron chi connectivity index (χ0n) is 12.8. The molecule has 0 aliphatic heterocycles. The van der Waals surface area contributed by atoms with Crippen LogP contribution in [-0.2, 0) is 5.41 Å². The second kappa shape index (κ2) is 5.51. The highest BCUT2D eigenvalue weighted by Crippen LogP contribution is 2.34. The van der Waals surface area contributed by atoms with Gasteiger partial charge in [0.05, 0.1) is 5.41 Å². The fourth-order valence-electron chi connectivity index (χ4n) is 3.04. The first kappa shape index (κ1) is 14.1. The van der Waals surface area contributed by atoms with Crippen LogP contribution in [0.25, 0.3) is 0 Å². The number of anilines is 1. The van der Waals surface area contributed by atoms with Crippen LogP contribution in [0.1, 0.15) is 69.1 Å². The number of hydrogen-bond donors (Lipinski definition) is 1. The third-order valence-corrected chi connectivity index (χ3v) is 4.58. The highest BCUT2D eigenvalue weighted by atomic mass is 16.5. The molecular weight excluding hydrogens is 262 g/mol. The van der Waals surface area contributed by atoms with Crippen molar-refractivity contribution in [2.45, 2.75) is 57.3 Å². The van der Waals surface area contributed by atoms with Crippen molar-refractivity contribution in [3.63, 3.8) is 0 Å². The van der Waals surface area contributed by atoms with E-state index in [2.05, 4.69) is 19.0 Å². The lowest BCUT2D eigenvalue weighted by atomic mass is 9.84. The number of nitrogens with zero attached hydrogens (tertiary/aromatic N) is 2. The van der Waals surface area contributed by atoms with Gasteiger partial charge in [-0.15, -0.1) is 0 Å². The van der Waals surface area contributed by atoms with Gasteiger partial charge in [-0.3, -0.25) is 0 Å². The first-order chi connectivity index (χ1) is 10.1. The van der Waals surface area contributed by atoms with Crippen molar-refractivity contribution < 1.29 is 4.52 Å². The molecule has 21 heavy (non-hydrogen) atoms. The lowest BCUT2D eigenvalue weighted by Crippen LogP contribution is -2.19. The molecule has 4 heteroatoms.